The smallest absolute Gasteiger partial charge is 0.254 e. The summed E-state index contributed by atoms with van der Waals surface area (Å²) < 4.78 is 17.5. The number of guanidine groups is 1. The molecule has 4 aliphatic rings. The number of nitrogens with zero attached hydrogens (tertiary/aromatic N) is 1. The number of hydrogen-bond donors (Lipinski definition) is 14. The van der Waals surface area contributed by atoms with E-state index in [2.05, 4.69) is 15.6 Å². The van der Waals surface area contributed by atoms with Crippen LogP contribution in [0.15, 0.2) is 4.99 Å². The van der Waals surface area contributed by atoms with Gasteiger partial charge in [-0.3, -0.25) is 4.79 Å². The van der Waals surface area contributed by atoms with Crippen molar-refractivity contribution in [2.24, 2.45) is 33.8 Å². The van der Waals surface area contributed by atoms with Crippen LogP contribution in [0.2, 0.25) is 0 Å². The molecule has 3 unspecified atom stereocenters. The summed E-state index contributed by atoms with van der Waals surface area (Å²) in [5.74, 6) is -2.39. The van der Waals surface area contributed by atoms with Crippen molar-refractivity contribution < 1.29 is 59.9 Å². The summed E-state index contributed by atoms with van der Waals surface area (Å²) in [6, 6.07) is -4.39. The van der Waals surface area contributed by atoms with Gasteiger partial charge < -0.3 is 88.6 Å². The highest BCUT2D eigenvalue weighted by atomic mass is 16.7. The van der Waals surface area contributed by atoms with Crippen molar-refractivity contribution in [3.63, 3.8) is 0 Å². The third-order valence-corrected chi connectivity index (χ3v) is 9.01. The first kappa shape index (κ1) is 35.0. The highest BCUT2D eigenvalue weighted by molar-refractivity contribution is 5.90. The Balaban J connectivity index is 1.62. The number of aliphatic imine (C=N–C) groups is 1. The van der Waals surface area contributed by atoms with Crippen LogP contribution in [-0.2, 0) is 19.0 Å². The molecule has 4 rings (SSSR count). The van der Waals surface area contributed by atoms with Crippen LogP contribution in [0, 0.1) is 5.92 Å². The number of hydrogen-bond acceptors (Lipinski definition) is 16. The number of aliphatic hydroxyl groups is 8. The molecule has 0 aromatic heterocycles. The fourth-order valence-electron chi connectivity index (χ4n) is 6.29. The average Bonchev–Trinajstić information content (AvgIpc) is 3.63. The third kappa shape index (κ3) is 6.81. The molecule has 19 heteroatoms. The molecule has 0 aromatic carbocycles. The lowest BCUT2D eigenvalue weighted by Crippen LogP contribution is -2.71. The van der Waals surface area contributed by atoms with Gasteiger partial charge in [-0.15, -0.1) is 0 Å². The van der Waals surface area contributed by atoms with Gasteiger partial charge in [-0.1, -0.05) is 6.92 Å². The summed E-state index contributed by atoms with van der Waals surface area (Å²) >= 11 is 0. The first-order valence-corrected chi connectivity index (χ1v) is 14.7. The molecule has 44 heavy (non-hydrogen) atoms. The van der Waals surface area contributed by atoms with E-state index in [4.69, 9.17) is 37.1 Å². The predicted octanol–water partition coefficient (Wildman–Crippen LogP) is -8.43. The van der Waals surface area contributed by atoms with Crippen molar-refractivity contribution in [1.29, 1.82) is 0 Å². The van der Waals surface area contributed by atoms with Crippen LogP contribution in [-0.4, -0.2) is 170 Å². The molecule has 0 bridgehead atoms. The van der Waals surface area contributed by atoms with E-state index < -0.39 is 116 Å². The summed E-state index contributed by atoms with van der Waals surface area (Å²) in [5, 5.41) is 90.8. The molecule has 19 nitrogen and oxygen atoms in total. The number of likely N-dealkylation sites (N-methyl/N-ethyl adjacent to an activating group) is 1. The second-order valence-corrected chi connectivity index (χ2v) is 12.0. The Bertz CT molecular complexity index is 1030. The maximum Gasteiger partial charge on any atom is 0.254 e. The van der Waals surface area contributed by atoms with Crippen LogP contribution in [0.25, 0.3) is 0 Å². The van der Waals surface area contributed by atoms with Crippen molar-refractivity contribution in [3.05, 3.63) is 0 Å². The SMILES string of the molecule is CCNC[C@H]1O[C@H](C2[C@@H](N)C[C@@H](NC(=O)C3(O)CC3N=C(N)N)[C@H](O[C@H]3O[C@H](CO)[C@@H](O)[C@H](N)[C@H]3O)[C@H]2O)[C@H](O)[C@@H](O)[C@@H]1O. The van der Waals surface area contributed by atoms with E-state index >= 15 is 0 Å². The molecule has 1 amide bonds. The molecule has 17 atom stereocenters. The largest absolute Gasteiger partial charge is 0.394 e. The van der Waals surface area contributed by atoms with Crippen LogP contribution in [0.4, 0.5) is 0 Å². The monoisotopic (exact) mass is 637 g/mol. The fourth-order valence-corrected chi connectivity index (χ4v) is 6.29. The summed E-state index contributed by atoms with van der Waals surface area (Å²) in [6.07, 6.45) is -16.5. The van der Waals surface area contributed by atoms with Crippen LogP contribution >= 0.6 is 0 Å². The van der Waals surface area contributed by atoms with Crippen LogP contribution < -0.4 is 33.6 Å². The van der Waals surface area contributed by atoms with Gasteiger partial charge in [0.2, 0.25) is 0 Å². The molecule has 18 N–H and O–H groups in total. The molecule has 2 saturated heterocycles. The van der Waals surface area contributed by atoms with Crippen molar-refractivity contribution in [2.45, 2.75) is 117 Å². The fraction of sp³-hybridized carbons (Fsp3) is 0.920. The molecule has 0 spiro atoms. The Morgan fingerprint density at radius 2 is 1.66 bits per heavy atom. The van der Waals surface area contributed by atoms with Crippen LogP contribution in [0.3, 0.4) is 0 Å². The van der Waals surface area contributed by atoms with E-state index in [1.807, 2.05) is 6.92 Å². The lowest BCUT2D eigenvalue weighted by Gasteiger charge is -2.52. The maximum absolute atomic E-state index is 13.2. The normalized spacial score (nSPS) is 49.2. The van der Waals surface area contributed by atoms with Crippen molar-refractivity contribution in [1.82, 2.24) is 10.6 Å². The minimum absolute atomic E-state index is 0.0862. The van der Waals surface area contributed by atoms with Gasteiger partial charge in [-0.25, -0.2) is 4.99 Å². The standard InChI is InChI=1S/C25H47N7O12/c1-2-30-5-9-15(35)18(38)19(39)21(42-9)12-7(26)3-8(31-23(40)25(41)4-11(25)32-24(28)29)20(16(12)36)44-22-17(37)13(27)14(34)10(6-33)43-22/h7-22,30,33-39,41H,2-6,26-27H2,1H3,(H,31,40)(H4,28,29,32)/t7-,8+,9+,10+,11?,12?,13-,14+,15+,16-,17+,18-,19+,20-,21+,22+,25?/m0/s1. The number of amides is 1. The Hall–Kier alpha value is -1.82. The zero-order valence-corrected chi connectivity index (χ0v) is 24.2. The highest BCUT2D eigenvalue weighted by Gasteiger charge is 2.62. The minimum Gasteiger partial charge on any atom is -0.394 e. The van der Waals surface area contributed by atoms with Crippen molar-refractivity contribution in [2.75, 3.05) is 19.7 Å². The van der Waals surface area contributed by atoms with E-state index in [1.54, 1.807) is 0 Å². The lowest BCUT2D eigenvalue weighted by molar-refractivity contribution is -0.310. The molecule has 2 aliphatic carbocycles. The number of carbonyl (C=O) groups is 1. The van der Waals surface area contributed by atoms with E-state index in [1.165, 1.54) is 0 Å². The molecule has 2 saturated carbocycles. The number of nitrogens with two attached hydrogens (primary N) is 4. The number of carbonyl (C=O) groups excluding carboxylic acids is 1. The molecule has 0 aromatic rings. The molecule has 0 radical (unpaired) electrons. The highest BCUT2D eigenvalue weighted by Crippen LogP contribution is 2.41. The zero-order chi connectivity index (χ0) is 32.7. The van der Waals surface area contributed by atoms with Gasteiger partial charge in [-0.05, 0) is 13.0 Å². The Morgan fingerprint density at radius 1 is 0.977 bits per heavy atom. The molecular weight excluding hydrogens is 590 g/mol. The Labute approximate surface area is 253 Å². The van der Waals surface area contributed by atoms with Gasteiger partial charge in [0.05, 0.1) is 43.0 Å². The summed E-state index contributed by atoms with van der Waals surface area (Å²) in [6.45, 7) is 1.76. The van der Waals surface area contributed by atoms with Crippen molar-refractivity contribution >= 4 is 11.9 Å². The van der Waals surface area contributed by atoms with E-state index in [-0.39, 0.29) is 25.3 Å². The second kappa shape index (κ2) is 13.9. The van der Waals surface area contributed by atoms with E-state index in [0.717, 1.165) is 0 Å². The summed E-state index contributed by atoms with van der Waals surface area (Å²) in [7, 11) is 0. The molecule has 2 heterocycles. The molecule has 2 aliphatic heterocycles. The zero-order valence-electron chi connectivity index (χ0n) is 24.2. The quantitative estimate of drug-likeness (QED) is 0.0780. The molecule has 4 fully saturated rings. The van der Waals surface area contributed by atoms with Gasteiger partial charge in [0.1, 0.15) is 42.7 Å². The number of aliphatic hydroxyl groups excluding tert-OH is 7. The second-order valence-electron chi connectivity index (χ2n) is 12.0. The summed E-state index contributed by atoms with van der Waals surface area (Å²) in [5.41, 5.74) is 21.2. The first-order valence-electron chi connectivity index (χ1n) is 14.7. The van der Waals surface area contributed by atoms with Gasteiger partial charge in [0.15, 0.2) is 17.9 Å². The first-order chi connectivity index (χ1) is 20.7. The Morgan fingerprint density at radius 3 is 2.27 bits per heavy atom. The number of ether oxygens (including phenoxy) is 3. The van der Waals surface area contributed by atoms with Crippen LogP contribution in [0.5, 0.6) is 0 Å². The summed E-state index contributed by atoms with van der Waals surface area (Å²) in [4.78, 5) is 17.0. The van der Waals surface area contributed by atoms with Gasteiger partial charge >= 0.3 is 0 Å². The average molecular weight is 638 g/mol. The minimum atomic E-state index is -1.96. The molecule has 254 valence electrons. The van der Waals surface area contributed by atoms with Crippen molar-refractivity contribution in [3.8, 4) is 0 Å². The number of rotatable bonds is 10. The van der Waals surface area contributed by atoms with Crippen LogP contribution in [0.1, 0.15) is 19.8 Å². The van der Waals surface area contributed by atoms with Gasteiger partial charge in [0, 0.05) is 24.9 Å². The Kier molecular flexibility index (Phi) is 11.1. The molecular formula is C25H47N7O12. The van der Waals surface area contributed by atoms with E-state index in [0.29, 0.717) is 6.54 Å². The number of nitrogens with one attached hydrogen (secondary N) is 2. The lowest BCUT2D eigenvalue weighted by atomic mass is 9.72. The third-order valence-electron chi connectivity index (χ3n) is 9.01. The van der Waals surface area contributed by atoms with E-state index in [9.17, 15) is 45.6 Å². The van der Waals surface area contributed by atoms with Gasteiger partial charge in [-0.2, -0.15) is 0 Å². The maximum atomic E-state index is 13.2. The van der Waals surface area contributed by atoms with Gasteiger partial charge in [0.25, 0.3) is 5.91 Å². The topological polar surface area (TPSA) is 347 Å². The predicted molar refractivity (Wildman–Crippen MR) is 149 cm³/mol.